The summed E-state index contributed by atoms with van der Waals surface area (Å²) in [7, 11) is 1.50. The molecule has 1 aliphatic rings. The van der Waals surface area contributed by atoms with Gasteiger partial charge < -0.3 is 9.47 Å². The van der Waals surface area contributed by atoms with Gasteiger partial charge in [-0.05, 0) is 24.3 Å². The van der Waals surface area contributed by atoms with Gasteiger partial charge in [-0.2, -0.15) is 0 Å². The van der Waals surface area contributed by atoms with Crippen LogP contribution >= 0.6 is 11.6 Å². The highest BCUT2D eigenvalue weighted by Crippen LogP contribution is 2.27. The summed E-state index contributed by atoms with van der Waals surface area (Å²) in [6, 6.07) is 8.64. The van der Waals surface area contributed by atoms with Crippen LogP contribution in [-0.4, -0.2) is 19.0 Å². The molecule has 0 N–H and O–H groups in total. The molecule has 0 radical (unpaired) electrons. The Balaban J connectivity index is 2.02. The number of methoxy groups -OCH3 is 1. The zero-order valence-corrected chi connectivity index (χ0v) is 13.1. The Kier molecular flexibility index (Phi) is 4.31. The Morgan fingerprint density at radius 2 is 1.92 bits per heavy atom. The van der Waals surface area contributed by atoms with Crippen molar-refractivity contribution in [2.24, 2.45) is 4.99 Å². The van der Waals surface area contributed by atoms with Gasteiger partial charge in [-0.1, -0.05) is 29.8 Å². The number of benzene rings is 2. The molecule has 0 saturated heterocycles. The average molecular weight is 350 g/mol. The predicted molar refractivity (Wildman–Crippen MR) is 85.0 cm³/mol. The van der Waals surface area contributed by atoms with Gasteiger partial charge in [0.2, 0.25) is 5.90 Å². The molecule has 3 rings (SSSR count). The van der Waals surface area contributed by atoms with Gasteiger partial charge in [-0.15, -0.1) is 0 Å². The van der Waals surface area contributed by atoms with Crippen molar-refractivity contribution in [3.63, 3.8) is 0 Å². The number of rotatable bonds is 3. The third kappa shape index (κ3) is 3.00. The molecule has 2 aromatic rings. The summed E-state index contributed by atoms with van der Waals surface area (Å²) in [5, 5.41) is -0.112. The lowest BCUT2D eigenvalue weighted by Crippen LogP contribution is -2.07. The normalized spacial score (nSPS) is 15.4. The van der Waals surface area contributed by atoms with Crippen molar-refractivity contribution in [1.82, 2.24) is 0 Å². The summed E-state index contributed by atoms with van der Waals surface area (Å²) in [5.41, 5.74) is 0.607. The maximum atomic E-state index is 13.4. The first kappa shape index (κ1) is 16.1. The highest BCUT2D eigenvalue weighted by atomic mass is 35.5. The van der Waals surface area contributed by atoms with Crippen molar-refractivity contribution in [1.29, 1.82) is 0 Å². The molecular weight excluding hydrogens is 340 g/mol. The van der Waals surface area contributed by atoms with Gasteiger partial charge in [0.25, 0.3) is 0 Å². The Morgan fingerprint density at radius 1 is 1.21 bits per heavy atom. The third-order valence-electron chi connectivity index (χ3n) is 3.29. The zero-order valence-electron chi connectivity index (χ0n) is 12.3. The van der Waals surface area contributed by atoms with Gasteiger partial charge in [0.1, 0.15) is 5.75 Å². The molecule has 0 fully saturated rings. The van der Waals surface area contributed by atoms with Crippen LogP contribution < -0.4 is 4.74 Å². The molecule has 0 atom stereocenters. The molecule has 0 unspecified atom stereocenters. The van der Waals surface area contributed by atoms with E-state index in [0.29, 0.717) is 11.3 Å². The van der Waals surface area contributed by atoms with Crippen molar-refractivity contribution in [2.75, 3.05) is 7.11 Å². The molecule has 122 valence electrons. The Hall–Kier alpha value is -2.73. The van der Waals surface area contributed by atoms with Crippen LogP contribution in [-0.2, 0) is 9.53 Å². The second-order valence-corrected chi connectivity index (χ2v) is 5.23. The first-order valence-corrected chi connectivity index (χ1v) is 7.18. The SMILES string of the molecule is COc1ccccc1/C=C1\N=C(c2cc(F)c(F)cc2Cl)OC1=O. The maximum Gasteiger partial charge on any atom is 0.363 e. The van der Waals surface area contributed by atoms with E-state index < -0.39 is 17.6 Å². The Morgan fingerprint density at radius 3 is 2.67 bits per heavy atom. The maximum absolute atomic E-state index is 13.4. The van der Waals surface area contributed by atoms with E-state index in [0.717, 1.165) is 12.1 Å². The number of hydrogen-bond donors (Lipinski definition) is 0. The molecule has 0 spiro atoms. The fourth-order valence-corrected chi connectivity index (χ4v) is 2.37. The number of aliphatic imine (C=N–C) groups is 1. The number of ether oxygens (including phenoxy) is 2. The summed E-state index contributed by atoms with van der Waals surface area (Å²) in [5.74, 6) is -2.58. The Labute approximate surface area is 141 Å². The third-order valence-corrected chi connectivity index (χ3v) is 3.60. The van der Waals surface area contributed by atoms with E-state index in [1.807, 2.05) is 0 Å². The molecule has 4 nitrogen and oxygen atoms in total. The van der Waals surface area contributed by atoms with E-state index in [1.165, 1.54) is 13.2 Å². The van der Waals surface area contributed by atoms with E-state index in [9.17, 15) is 13.6 Å². The van der Waals surface area contributed by atoms with E-state index in [4.69, 9.17) is 21.1 Å². The van der Waals surface area contributed by atoms with Crippen molar-refractivity contribution in [3.05, 3.63) is 69.9 Å². The second kappa shape index (κ2) is 6.41. The molecule has 0 amide bonds. The summed E-state index contributed by atoms with van der Waals surface area (Å²) in [6.07, 6.45) is 1.47. The minimum Gasteiger partial charge on any atom is -0.496 e. The first-order chi connectivity index (χ1) is 11.5. The average Bonchev–Trinajstić information content (AvgIpc) is 2.92. The van der Waals surface area contributed by atoms with Gasteiger partial charge >= 0.3 is 5.97 Å². The van der Waals surface area contributed by atoms with Crippen LogP contribution in [0.15, 0.2) is 47.1 Å². The number of hydrogen-bond acceptors (Lipinski definition) is 4. The van der Waals surface area contributed by atoms with Gasteiger partial charge in [0.15, 0.2) is 17.3 Å². The van der Waals surface area contributed by atoms with Crippen LogP contribution in [0.2, 0.25) is 5.02 Å². The summed E-state index contributed by atoms with van der Waals surface area (Å²) >= 11 is 5.87. The highest BCUT2D eigenvalue weighted by Gasteiger charge is 2.27. The Bertz CT molecular complexity index is 893. The molecule has 2 aromatic carbocycles. The van der Waals surface area contributed by atoms with Gasteiger partial charge in [-0.3, -0.25) is 0 Å². The lowest BCUT2D eigenvalue weighted by atomic mass is 10.1. The van der Waals surface area contributed by atoms with Gasteiger partial charge in [0.05, 0.1) is 17.7 Å². The first-order valence-electron chi connectivity index (χ1n) is 6.80. The van der Waals surface area contributed by atoms with Crippen molar-refractivity contribution in [3.8, 4) is 5.75 Å². The smallest absolute Gasteiger partial charge is 0.363 e. The van der Waals surface area contributed by atoms with E-state index in [2.05, 4.69) is 4.99 Å². The molecule has 24 heavy (non-hydrogen) atoms. The molecule has 0 aliphatic carbocycles. The summed E-state index contributed by atoms with van der Waals surface area (Å²) < 4.78 is 36.7. The van der Waals surface area contributed by atoms with Crippen LogP contribution in [0.5, 0.6) is 5.75 Å². The summed E-state index contributed by atoms with van der Waals surface area (Å²) in [6.45, 7) is 0. The fraction of sp³-hybridized carbons (Fsp3) is 0.0588. The van der Waals surface area contributed by atoms with Crippen LogP contribution in [0, 0.1) is 11.6 Å². The second-order valence-electron chi connectivity index (χ2n) is 4.82. The molecule has 1 heterocycles. The standard InChI is InChI=1S/C17H10ClF2NO3/c1-23-15-5-3-2-4-9(15)6-14-17(22)24-16(21-14)10-7-12(19)13(20)8-11(10)18/h2-8H,1H3/b14-6-. The van der Waals surface area contributed by atoms with E-state index in [-0.39, 0.29) is 22.2 Å². The number of nitrogens with zero attached hydrogens (tertiary/aromatic N) is 1. The number of carbonyl (C=O) groups is 1. The molecule has 0 aromatic heterocycles. The fourth-order valence-electron chi connectivity index (χ4n) is 2.14. The zero-order chi connectivity index (χ0) is 17.3. The van der Waals surface area contributed by atoms with E-state index >= 15 is 0 Å². The van der Waals surface area contributed by atoms with E-state index in [1.54, 1.807) is 24.3 Å². The monoisotopic (exact) mass is 349 g/mol. The number of cyclic esters (lactones) is 1. The lowest BCUT2D eigenvalue weighted by molar-refractivity contribution is -0.129. The number of halogens is 3. The van der Waals surface area contributed by atoms with Crippen LogP contribution in [0.25, 0.3) is 6.08 Å². The number of esters is 1. The predicted octanol–water partition coefficient (Wildman–Crippen LogP) is 3.97. The summed E-state index contributed by atoms with van der Waals surface area (Å²) in [4.78, 5) is 16.0. The van der Waals surface area contributed by atoms with Crippen LogP contribution in [0.1, 0.15) is 11.1 Å². The molecular formula is C17H10ClF2NO3. The topological polar surface area (TPSA) is 47.9 Å². The minimum atomic E-state index is -1.12. The highest BCUT2D eigenvalue weighted by molar-refractivity contribution is 6.34. The van der Waals surface area contributed by atoms with Crippen molar-refractivity contribution >= 4 is 29.5 Å². The van der Waals surface area contributed by atoms with Crippen molar-refractivity contribution < 1.29 is 23.0 Å². The molecule has 0 bridgehead atoms. The van der Waals surface area contributed by atoms with Gasteiger partial charge in [0, 0.05) is 5.56 Å². The lowest BCUT2D eigenvalue weighted by Gasteiger charge is -2.03. The minimum absolute atomic E-state index is 0.00435. The van der Waals surface area contributed by atoms with Gasteiger partial charge in [-0.25, -0.2) is 18.6 Å². The number of para-hydroxylation sites is 1. The van der Waals surface area contributed by atoms with Crippen LogP contribution in [0.3, 0.4) is 0 Å². The largest absolute Gasteiger partial charge is 0.496 e. The quantitative estimate of drug-likeness (QED) is 0.478. The molecule has 0 saturated carbocycles. The molecule has 7 heteroatoms. The number of carbonyl (C=O) groups excluding carboxylic acids is 1. The van der Waals surface area contributed by atoms with Crippen molar-refractivity contribution in [2.45, 2.75) is 0 Å². The molecule has 1 aliphatic heterocycles. The van der Waals surface area contributed by atoms with Crippen LogP contribution in [0.4, 0.5) is 8.78 Å².